The Morgan fingerprint density at radius 3 is 2.67 bits per heavy atom. The monoisotopic (exact) mass is 286 g/mol. The molecule has 2 heterocycles. The average Bonchev–Trinajstić information content (AvgIpc) is 3.17. The molecule has 0 amide bonds. The summed E-state index contributed by atoms with van der Waals surface area (Å²) >= 11 is 0. The van der Waals surface area contributed by atoms with Crippen molar-refractivity contribution >= 4 is 5.69 Å². The van der Waals surface area contributed by atoms with Crippen molar-refractivity contribution < 1.29 is 0 Å². The Kier molecular flexibility index (Phi) is 3.35. The molecular formula is C16H22N4O. The van der Waals surface area contributed by atoms with Crippen molar-refractivity contribution in [3.05, 3.63) is 40.1 Å². The number of hydrogen-bond acceptors (Lipinski definition) is 3. The lowest BCUT2D eigenvalue weighted by Crippen LogP contribution is -2.25. The van der Waals surface area contributed by atoms with Crippen LogP contribution in [0.1, 0.15) is 44.0 Å². The molecule has 1 saturated carbocycles. The summed E-state index contributed by atoms with van der Waals surface area (Å²) in [5.74, 6) is 0. The molecule has 3 rings (SSSR count). The lowest BCUT2D eigenvalue weighted by molar-refractivity contribution is 0.621. The van der Waals surface area contributed by atoms with Crippen molar-refractivity contribution in [1.29, 1.82) is 0 Å². The highest BCUT2D eigenvalue weighted by Gasteiger charge is 2.27. The number of rotatable bonds is 4. The maximum Gasteiger partial charge on any atom is 0.278 e. The highest BCUT2D eigenvalue weighted by Crippen LogP contribution is 2.36. The van der Waals surface area contributed by atoms with Crippen LogP contribution in [0.15, 0.2) is 23.3 Å². The van der Waals surface area contributed by atoms with E-state index in [1.165, 1.54) is 12.8 Å². The lowest BCUT2D eigenvalue weighted by atomic mass is 10.2. The minimum atomic E-state index is -0.0206. The molecule has 0 spiro atoms. The standard InChI is InChI=1S/C16H22N4O/c1-10(2)18-14-7-11(3)9-19(16(14)21)15-8-17-20(12(15)4)13-5-6-13/h7-10,13,18H,5-6H2,1-4H3. The average molecular weight is 286 g/mol. The second kappa shape index (κ2) is 5.06. The first-order valence-electron chi connectivity index (χ1n) is 7.51. The molecule has 2 aromatic heterocycles. The van der Waals surface area contributed by atoms with Crippen LogP contribution >= 0.6 is 0 Å². The van der Waals surface area contributed by atoms with Gasteiger partial charge in [0.25, 0.3) is 5.56 Å². The van der Waals surface area contributed by atoms with Gasteiger partial charge in [0.05, 0.1) is 23.6 Å². The van der Waals surface area contributed by atoms with Crippen molar-refractivity contribution in [3.8, 4) is 5.69 Å². The largest absolute Gasteiger partial charge is 0.378 e. The van der Waals surface area contributed by atoms with Gasteiger partial charge in [0.2, 0.25) is 0 Å². The van der Waals surface area contributed by atoms with Crippen LogP contribution in [-0.2, 0) is 0 Å². The number of nitrogens with zero attached hydrogens (tertiary/aromatic N) is 3. The van der Waals surface area contributed by atoms with E-state index in [-0.39, 0.29) is 11.6 Å². The maximum atomic E-state index is 12.7. The Hall–Kier alpha value is -2.04. The number of hydrogen-bond donors (Lipinski definition) is 1. The number of nitrogens with one attached hydrogen (secondary N) is 1. The molecule has 0 aromatic carbocycles. The van der Waals surface area contributed by atoms with E-state index in [9.17, 15) is 4.79 Å². The molecule has 0 atom stereocenters. The van der Waals surface area contributed by atoms with Gasteiger partial charge in [-0.05, 0) is 52.2 Å². The highest BCUT2D eigenvalue weighted by atomic mass is 16.1. The van der Waals surface area contributed by atoms with Gasteiger partial charge in [-0.1, -0.05) is 0 Å². The Balaban J connectivity index is 2.09. The third-order valence-electron chi connectivity index (χ3n) is 3.77. The van der Waals surface area contributed by atoms with E-state index in [4.69, 9.17) is 0 Å². The molecule has 1 N–H and O–H groups in total. The molecule has 112 valence electrons. The van der Waals surface area contributed by atoms with Gasteiger partial charge < -0.3 is 5.32 Å². The molecule has 0 unspecified atom stereocenters. The van der Waals surface area contributed by atoms with Gasteiger partial charge in [-0.2, -0.15) is 5.10 Å². The van der Waals surface area contributed by atoms with Gasteiger partial charge in [0, 0.05) is 12.2 Å². The SMILES string of the molecule is Cc1cc(NC(C)C)c(=O)n(-c2cnn(C3CC3)c2C)c1. The summed E-state index contributed by atoms with van der Waals surface area (Å²) in [7, 11) is 0. The van der Waals surface area contributed by atoms with E-state index in [0.29, 0.717) is 11.7 Å². The predicted octanol–water partition coefficient (Wildman–Crippen LogP) is 2.81. The topological polar surface area (TPSA) is 51.9 Å². The van der Waals surface area contributed by atoms with E-state index >= 15 is 0 Å². The van der Waals surface area contributed by atoms with Gasteiger partial charge in [-0.15, -0.1) is 0 Å². The quantitative estimate of drug-likeness (QED) is 0.940. The summed E-state index contributed by atoms with van der Waals surface area (Å²) in [4.78, 5) is 12.7. The second-order valence-corrected chi connectivity index (χ2v) is 6.20. The van der Waals surface area contributed by atoms with E-state index in [1.54, 1.807) is 10.8 Å². The van der Waals surface area contributed by atoms with Gasteiger partial charge in [-0.25, -0.2) is 0 Å². The molecule has 5 heteroatoms. The molecular weight excluding hydrogens is 264 g/mol. The van der Waals surface area contributed by atoms with Crippen LogP contribution in [0.5, 0.6) is 0 Å². The smallest absolute Gasteiger partial charge is 0.278 e. The molecule has 21 heavy (non-hydrogen) atoms. The highest BCUT2D eigenvalue weighted by molar-refractivity contribution is 5.47. The van der Waals surface area contributed by atoms with E-state index < -0.39 is 0 Å². The fraction of sp³-hybridized carbons (Fsp3) is 0.500. The number of aryl methyl sites for hydroxylation is 1. The maximum absolute atomic E-state index is 12.7. The summed E-state index contributed by atoms with van der Waals surface area (Å²) in [6, 6.07) is 2.65. The summed E-state index contributed by atoms with van der Waals surface area (Å²) in [6.07, 6.45) is 6.05. The van der Waals surface area contributed by atoms with Gasteiger partial charge in [0.1, 0.15) is 5.69 Å². The predicted molar refractivity (Wildman–Crippen MR) is 84.3 cm³/mol. The minimum Gasteiger partial charge on any atom is -0.378 e. The van der Waals surface area contributed by atoms with Crippen molar-refractivity contribution in [2.24, 2.45) is 0 Å². The molecule has 5 nitrogen and oxygen atoms in total. The summed E-state index contributed by atoms with van der Waals surface area (Å²) in [5, 5.41) is 7.68. The molecule has 0 aliphatic heterocycles. The van der Waals surface area contributed by atoms with Gasteiger partial charge in [-0.3, -0.25) is 14.0 Å². The first-order valence-corrected chi connectivity index (χ1v) is 7.51. The molecule has 1 aliphatic rings. The van der Waals surface area contributed by atoms with Crippen molar-refractivity contribution in [2.45, 2.75) is 52.6 Å². The van der Waals surface area contributed by atoms with Crippen LogP contribution in [-0.4, -0.2) is 20.4 Å². The Labute approximate surface area is 124 Å². The molecule has 2 aromatic rings. The van der Waals surface area contributed by atoms with Crippen LogP contribution in [0.2, 0.25) is 0 Å². The Bertz CT molecular complexity index is 722. The van der Waals surface area contributed by atoms with Crippen LogP contribution in [0, 0.1) is 13.8 Å². The third-order valence-corrected chi connectivity index (χ3v) is 3.77. The zero-order valence-electron chi connectivity index (χ0n) is 13.1. The Morgan fingerprint density at radius 2 is 2.05 bits per heavy atom. The fourth-order valence-electron chi connectivity index (χ4n) is 2.65. The van der Waals surface area contributed by atoms with Crippen molar-refractivity contribution in [1.82, 2.24) is 14.3 Å². The van der Waals surface area contributed by atoms with Crippen molar-refractivity contribution in [2.75, 3.05) is 5.32 Å². The number of aromatic nitrogens is 3. The summed E-state index contributed by atoms with van der Waals surface area (Å²) in [5.41, 5.74) is 3.61. The zero-order valence-corrected chi connectivity index (χ0v) is 13.1. The van der Waals surface area contributed by atoms with Crippen molar-refractivity contribution in [3.63, 3.8) is 0 Å². The Morgan fingerprint density at radius 1 is 1.33 bits per heavy atom. The normalized spacial score (nSPS) is 14.7. The first-order chi connectivity index (χ1) is 9.97. The van der Waals surface area contributed by atoms with Crippen LogP contribution < -0.4 is 10.9 Å². The first kappa shape index (κ1) is 13.9. The van der Waals surface area contributed by atoms with E-state index in [1.807, 2.05) is 44.6 Å². The van der Waals surface area contributed by atoms with Crippen LogP contribution in [0.25, 0.3) is 5.69 Å². The molecule has 0 radical (unpaired) electrons. The fourth-order valence-corrected chi connectivity index (χ4v) is 2.65. The number of anilines is 1. The van der Waals surface area contributed by atoms with Gasteiger partial charge >= 0.3 is 0 Å². The molecule has 0 bridgehead atoms. The van der Waals surface area contributed by atoms with Crippen LogP contribution in [0.4, 0.5) is 5.69 Å². The lowest BCUT2D eigenvalue weighted by Gasteiger charge is -2.13. The van der Waals surface area contributed by atoms with E-state index in [0.717, 1.165) is 16.9 Å². The zero-order chi connectivity index (χ0) is 15.1. The number of pyridine rings is 1. The summed E-state index contributed by atoms with van der Waals surface area (Å²) < 4.78 is 3.75. The summed E-state index contributed by atoms with van der Waals surface area (Å²) in [6.45, 7) is 8.10. The third kappa shape index (κ3) is 2.60. The van der Waals surface area contributed by atoms with Crippen LogP contribution in [0.3, 0.4) is 0 Å². The minimum absolute atomic E-state index is 0.0206. The van der Waals surface area contributed by atoms with Gasteiger partial charge in [0.15, 0.2) is 0 Å². The van der Waals surface area contributed by atoms with E-state index in [2.05, 4.69) is 10.4 Å². The molecule has 1 fully saturated rings. The molecule has 0 saturated heterocycles. The molecule has 1 aliphatic carbocycles. The second-order valence-electron chi connectivity index (χ2n) is 6.20.